The topological polar surface area (TPSA) is 72.3 Å². The maximum absolute atomic E-state index is 13.2. The molecule has 0 spiro atoms. The highest BCUT2D eigenvalue weighted by molar-refractivity contribution is 9.10. The summed E-state index contributed by atoms with van der Waals surface area (Å²) >= 11 is 3.06. The number of benzene rings is 1. The molecule has 1 amide bonds. The van der Waals surface area contributed by atoms with Crippen LogP contribution in [0.2, 0.25) is 0 Å². The van der Waals surface area contributed by atoms with Crippen molar-refractivity contribution in [3.63, 3.8) is 0 Å². The van der Waals surface area contributed by atoms with Gasteiger partial charge in [0.1, 0.15) is 5.82 Å². The van der Waals surface area contributed by atoms with Crippen LogP contribution in [-0.4, -0.2) is 18.5 Å². The van der Waals surface area contributed by atoms with Crippen molar-refractivity contribution in [1.29, 1.82) is 0 Å². The van der Waals surface area contributed by atoms with Crippen molar-refractivity contribution in [2.24, 2.45) is 5.73 Å². The van der Waals surface area contributed by atoms with Gasteiger partial charge in [-0.3, -0.25) is 4.79 Å². The number of nitrogens with zero attached hydrogens (tertiary/aromatic N) is 1. The minimum atomic E-state index is -0.447. The van der Waals surface area contributed by atoms with Crippen molar-refractivity contribution in [2.45, 2.75) is 12.5 Å². The van der Waals surface area contributed by atoms with E-state index in [0.29, 0.717) is 18.7 Å². The molecular weight excluding hydrogens is 277 g/mol. The molecule has 16 heavy (non-hydrogen) atoms. The Morgan fingerprint density at radius 2 is 2.19 bits per heavy atom. The summed E-state index contributed by atoms with van der Waals surface area (Å²) in [7, 11) is 0. The first-order chi connectivity index (χ1) is 7.49. The number of carbonyl (C=O) groups is 1. The van der Waals surface area contributed by atoms with E-state index in [-0.39, 0.29) is 22.1 Å². The van der Waals surface area contributed by atoms with E-state index in [4.69, 9.17) is 11.5 Å². The highest BCUT2D eigenvalue weighted by Crippen LogP contribution is 2.31. The molecule has 6 heteroatoms. The Labute approximate surface area is 101 Å². The number of amides is 1. The van der Waals surface area contributed by atoms with Crippen LogP contribution in [-0.2, 0) is 4.79 Å². The summed E-state index contributed by atoms with van der Waals surface area (Å²) in [5.74, 6) is -0.532. The predicted octanol–water partition coefficient (Wildman–Crippen LogP) is 1.23. The number of nitrogens with two attached hydrogens (primary N) is 2. The maximum atomic E-state index is 13.2. The van der Waals surface area contributed by atoms with Crippen LogP contribution in [0.4, 0.5) is 15.8 Å². The van der Waals surface area contributed by atoms with Gasteiger partial charge in [0.25, 0.3) is 0 Å². The smallest absolute Gasteiger partial charge is 0.228 e. The summed E-state index contributed by atoms with van der Waals surface area (Å²) in [6.07, 6.45) is 0.300. The molecule has 1 aromatic carbocycles. The molecule has 0 saturated carbocycles. The SMILES string of the molecule is Nc1cc(F)c(Br)cc1N1CC(N)CC1=O. The van der Waals surface area contributed by atoms with E-state index in [0.717, 1.165) is 0 Å². The molecule has 1 atom stereocenters. The lowest BCUT2D eigenvalue weighted by Gasteiger charge is -2.18. The van der Waals surface area contributed by atoms with Gasteiger partial charge in [0.05, 0.1) is 15.8 Å². The molecule has 0 radical (unpaired) electrons. The quantitative estimate of drug-likeness (QED) is 0.763. The number of halogens is 2. The lowest BCUT2D eigenvalue weighted by molar-refractivity contribution is -0.117. The van der Waals surface area contributed by atoms with Gasteiger partial charge >= 0.3 is 0 Å². The third-order valence-corrected chi connectivity index (χ3v) is 3.12. The van der Waals surface area contributed by atoms with E-state index < -0.39 is 5.82 Å². The summed E-state index contributed by atoms with van der Waals surface area (Å²) in [6, 6.07) is 2.51. The maximum Gasteiger partial charge on any atom is 0.228 e. The zero-order chi connectivity index (χ0) is 11.9. The molecule has 1 aliphatic rings. The molecule has 1 saturated heterocycles. The predicted molar refractivity (Wildman–Crippen MR) is 63.5 cm³/mol. The largest absolute Gasteiger partial charge is 0.397 e. The van der Waals surface area contributed by atoms with E-state index in [2.05, 4.69) is 15.9 Å². The molecule has 1 unspecified atom stereocenters. The molecule has 1 aliphatic heterocycles. The van der Waals surface area contributed by atoms with E-state index >= 15 is 0 Å². The zero-order valence-corrected chi connectivity index (χ0v) is 10.00. The fourth-order valence-electron chi connectivity index (χ4n) is 1.75. The minimum Gasteiger partial charge on any atom is -0.397 e. The van der Waals surface area contributed by atoms with Crippen molar-refractivity contribution in [3.05, 3.63) is 22.4 Å². The standard InChI is InChI=1S/C10H11BrFN3O/c11-6-2-9(8(14)3-7(6)12)15-4-5(13)1-10(15)16/h2-3,5H,1,4,13-14H2. The van der Waals surface area contributed by atoms with Gasteiger partial charge in [-0.1, -0.05) is 0 Å². The van der Waals surface area contributed by atoms with E-state index in [1.54, 1.807) is 0 Å². The van der Waals surface area contributed by atoms with E-state index in [1.807, 2.05) is 0 Å². The number of hydrogen-bond donors (Lipinski definition) is 2. The average molecular weight is 288 g/mol. The third kappa shape index (κ3) is 1.90. The molecule has 0 aromatic heterocycles. The Kier molecular flexibility index (Phi) is 2.86. The van der Waals surface area contributed by atoms with Gasteiger partial charge in [-0.25, -0.2) is 4.39 Å². The van der Waals surface area contributed by atoms with Gasteiger partial charge in [0.2, 0.25) is 5.91 Å². The summed E-state index contributed by atoms with van der Waals surface area (Å²) in [6.45, 7) is 0.418. The Hall–Kier alpha value is -1.14. The van der Waals surface area contributed by atoms with Gasteiger partial charge in [-0.2, -0.15) is 0 Å². The van der Waals surface area contributed by atoms with E-state index in [1.165, 1.54) is 17.0 Å². The molecule has 4 N–H and O–H groups in total. The van der Waals surface area contributed by atoms with Crippen LogP contribution < -0.4 is 16.4 Å². The van der Waals surface area contributed by atoms with Gasteiger partial charge in [-0.05, 0) is 22.0 Å². The summed E-state index contributed by atoms with van der Waals surface area (Å²) in [5.41, 5.74) is 12.1. The minimum absolute atomic E-state index is 0.0855. The summed E-state index contributed by atoms with van der Waals surface area (Å²) < 4.78 is 13.4. The molecule has 86 valence electrons. The molecule has 0 bridgehead atoms. The summed E-state index contributed by atoms with van der Waals surface area (Å²) in [4.78, 5) is 13.1. The van der Waals surface area contributed by atoms with Crippen LogP contribution in [0.25, 0.3) is 0 Å². The normalized spacial score (nSPS) is 20.6. The average Bonchev–Trinajstić information content (AvgIpc) is 2.51. The van der Waals surface area contributed by atoms with Gasteiger partial charge in [0.15, 0.2) is 0 Å². The van der Waals surface area contributed by atoms with Crippen molar-refractivity contribution in [2.75, 3.05) is 17.2 Å². The van der Waals surface area contributed by atoms with Crippen LogP contribution in [0.3, 0.4) is 0 Å². The number of anilines is 2. The van der Waals surface area contributed by atoms with Crippen molar-refractivity contribution < 1.29 is 9.18 Å². The third-order valence-electron chi connectivity index (χ3n) is 2.52. The van der Waals surface area contributed by atoms with Crippen LogP contribution in [0.15, 0.2) is 16.6 Å². The molecule has 4 nitrogen and oxygen atoms in total. The first-order valence-corrected chi connectivity index (χ1v) is 5.59. The van der Waals surface area contributed by atoms with Crippen LogP contribution in [0.5, 0.6) is 0 Å². The zero-order valence-electron chi connectivity index (χ0n) is 8.41. The highest BCUT2D eigenvalue weighted by Gasteiger charge is 2.29. The molecule has 1 heterocycles. The van der Waals surface area contributed by atoms with Crippen LogP contribution in [0, 0.1) is 5.82 Å². The lowest BCUT2D eigenvalue weighted by atomic mass is 10.2. The monoisotopic (exact) mass is 287 g/mol. The molecular formula is C10H11BrFN3O. The number of carbonyl (C=O) groups excluding carboxylic acids is 1. The first kappa shape index (κ1) is 11.3. The number of hydrogen-bond acceptors (Lipinski definition) is 3. The Bertz CT molecular complexity index is 452. The van der Waals surface area contributed by atoms with Gasteiger partial charge < -0.3 is 16.4 Å². The fourth-order valence-corrected chi connectivity index (χ4v) is 2.08. The molecule has 1 aromatic rings. The van der Waals surface area contributed by atoms with Crippen LogP contribution >= 0.6 is 15.9 Å². The Balaban J connectivity index is 2.41. The fraction of sp³-hybridized carbons (Fsp3) is 0.300. The van der Waals surface area contributed by atoms with Crippen molar-refractivity contribution >= 4 is 33.2 Å². The highest BCUT2D eigenvalue weighted by atomic mass is 79.9. The molecule has 2 rings (SSSR count). The number of nitrogen functional groups attached to an aromatic ring is 1. The van der Waals surface area contributed by atoms with Gasteiger partial charge in [0, 0.05) is 25.1 Å². The first-order valence-electron chi connectivity index (χ1n) is 4.79. The van der Waals surface area contributed by atoms with Gasteiger partial charge in [-0.15, -0.1) is 0 Å². The summed E-state index contributed by atoms with van der Waals surface area (Å²) in [5, 5.41) is 0. The van der Waals surface area contributed by atoms with Crippen LogP contribution in [0.1, 0.15) is 6.42 Å². The van der Waals surface area contributed by atoms with E-state index in [9.17, 15) is 9.18 Å². The molecule has 1 fully saturated rings. The molecule has 0 aliphatic carbocycles. The lowest BCUT2D eigenvalue weighted by Crippen LogP contribution is -2.28. The second-order valence-corrected chi connectivity index (χ2v) is 4.65. The van der Waals surface area contributed by atoms with Crippen molar-refractivity contribution in [3.8, 4) is 0 Å². The van der Waals surface area contributed by atoms with Crippen molar-refractivity contribution in [1.82, 2.24) is 0 Å². The number of rotatable bonds is 1. The second kappa shape index (κ2) is 4.03. The Morgan fingerprint density at radius 3 is 2.75 bits per heavy atom. The second-order valence-electron chi connectivity index (χ2n) is 3.79. The Morgan fingerprint density at radius 1 is 1.50 bits per heavy atom.